The SMILES string of the molecule is COc1c(C)cnc(CN(C)C(=O)c2cc(F)cc3[nH]cnc23)c1C. The van der Waals surface area contributed by atoms with Crippen LogP contribution in [0, 0.1) is 19.7 Å². The largest absolute Gasteiger partial charge is 0.496 e. The van der Waals surface area contributed by atoms with Gasteiger partial charge in [0.15, 0.2) is 0 Å². The summed E-state index contributed by atoms with van der Waals surface area (Å²) in [4.78, 5) is 25.6. The third-order valence-corrected chi connectivity index (χ3v) is 4.20. The van der Waals surface area contributed by atoms with Crippen LogP contribution in [0.15, 0.2) is 24.7 Å². The van der Waals surface area contributed by atoms with E-state index in [4.69, 9.17) is 4.74 Å². The van der Waals surface area contributed by atoms with Crippen LogP contribution in [0.25, 0.3) is 11.0 Å². The van der Waals surface area contributed by atoms with Gasteiger partial charge in [0, 0.05) is 24.4 Å². The van der Waals surface area contributed by atoms with Gasteiger partial charge in [0.1, 0.15) is 17.1 Å². The molecule has 130 valence electrons. The molecule has 7 heteroatoms. The number of pyridine rings is 1. The molecule has 25 heavy (non-hydrogen) atoms. The fourth-order valence-corrected chi connectivity index (χ4v) is 2.91. The Balaban J connectivity index is 1.92. The van der Waals surface area contributed by atoms with Gasteiger partial charge in [0.25, 0.3) is 5.91 Å². The zero-order valence-corrected chi connectivity index (χ0v) is 14.6. The van der Waals surface area contributed by atoms with E-state index in [9.17, 15) is 9.18 Å². The van der Waals surface area contributed by atoms with Crippen molar-refractivity contribution in [2.75, 3.05) is 14.2 Å². The van der Waals surface area contributed by atoms with Gasteiger partial charge in [-0.3, -0.25) is 9.78 Å². The fourth-order valence-electron chi connectivity index (χ4n) is 2.91. The van der Waals surface area contributed by atoms with Gasteiger partial charge in [0.05, 0.1) is 36.8 Å². The van der Waals surface area contributed by atoms with Gasteiger partial charge in [-0.25, -0.2) is 9.37 Å². The molecule has 0 atom stereocenters. The first-order valence-corrected chi connectivity index (χ1v) is 7.79. The summed E-state index contributed by atoms with van der Waals surface area (Å²) < 4.78 is 19.2. The molecule has 0 saturated heterocycles. The molecule has 1 N–H and O–H groups in total. The molecule has 0 fully saturated rings. The van der Waals surface area contributed by atoms with Crippen molar-refractivity contribution in [3.05, 3.63) is 52.9 Å². The lowest BCUT2D eigenvalue weighted by molar-refractivity contribution is 0.0784. The monoisotopic (exact) mass is 342 g/mol. The van der Waals surface area contributed by atoms with Crippen LogP contribution in [0.3, 0.4) is 0 Å². The van der Waals surface area contributed by atoms with Gasteiger partial charge in [-0.15, -0.1) is 0 Å². The summed E-state index contributed by atoms with van der Waals surface area (Å²) in [5.74, 6) is -0.0524. The zero-order valence-electron chi connectivity index (χ0n) is 14.6. The summed E-state index contributed by atoms with van der Waals surface area (Å²) in [5, 5.41) is 0. The molecule has 0 aliphatic rings. The Bertz CT molecular complexity index is 952. The Hall–Kier alpha value is -2.96. The molecule has 0 bridgehead atoms. The maximum absolute atomic E-state index is 13.8. The van der Waals surface area contributed by atoms with Gasteiger partial charge >= 0.3 is 0 Å². The maximum Gasteiger partial charge on any atom is 0.256 e. The number of nitrogens with zero attached hydrogens (tertiary/aromatic N) is 3. The molecule has 1 amide bonds. The first-order chi connectivity index (χ1) is 11.9. The normalized spacial score (nSPS) is 10.9. The van der Waals surface area contributed by atoms with Crippen molar-refractivity contribution >= 4 is 16.9 Å². The van der Waals surface area contributed by atoms with Gasteiger partial charge in [-0.05, 0) is 26.0 Å². The predicted molar refractivity (Wildman–Crippen MR) is 92.1 cm³/mol. The highest BCUT2D eigenvalue weighted by Crippen LogP contribution is 2.25. The lowest BCUT2D eigenvalue weighted by Gasteiger charge is -2.19. The number of imidazole rings is 1. The molecule has 6 nitrogen and oxygen atoms in total. The lowest BCUT2D eigenvalue weighted by Crippen LogP contribution is -2.27. The number of nitrogens with one attached hydrogen (secondary N) is 1. The highest BCUT2D eigenvalue weighted by Gasteiger charge is 2.20. The third kappa shape index (κ3) is 3.05. The Morgan fingerprint density at radius 2 is 2.08 bits per heavy atom. The van der Waals surface area contributed by atoms with Crippen molar-refractivity contribution in [3.8, 4) is 5.75 Å². The van der Waals surface area contributed by atoms with E-state index in [1.165, 1.54) is 23.4 Å². The first-order valence-electron chi connectivity index (χ1n) is 7.79. The summed E-state index contributed by atoms with van der Waals surface area (Å²) in [6, 6.07) is 2.52. The minimum Gasteiger partial charge on any atom is -0.496 e. The van der Waals surface area contributed by atoms with E-state index in [0.29, 0.717) is 11.0 Å². The summed E-state index contributed by atoms with van der Waals surface area (Å²) in [7, 11) is 3.26. The highest BCUT2D eigenvalue weighted by molar-refractivity contribution is 6.04. The second kappa shape index (κ2) is 6.51. The van der Waals surface area contributed by atoms with E-state index < -0.39 is 5.82 Å². The van der Waals surface area contributed by atoms with E-state index in [0.717, 1.165) is 22.6 Å². The van der Waals surface area contributed by atoms with Crippen molar-refractivity contribution in [1.82, 2.24) is 19.9 Å². The number of methoxy groups -OCH3 is 1. The molecular formula is C18H19FN4O2. The quantitative estimate of drug-likeness (QED) is 0.791. The average Bonchev–Trinajstić information content (AvgIpc) is 3.04. The number of aromatic amines is 1. The van der Waals surface area contributed by atoms with E-state index in [1.54, 1.807) is 20.4 Å². The fraction of sp³-hybridized carbons (Fsp3) is 0.278. The molecule has 2 heterocycles. The van der Waals surface area contributed by atoms with Crippen LogP contribution in [0.5, 0.6) is 5.75 Å². The second-order valence-electron chi connectivity index (χ2n) is 5.96. The van der Waals surface area contributed by atoms with Crippen molar-refractivity contribution in [1.29, 1.82) is 0 Å². The van der Waals surface area contributed by atoms with E-state index >= 15 is 0 Å². The maximum atomic E-state index is 13.8. The lowest BCUT2D eigenvalue weighted by atomic mass is 10.1. The molecule has 0 aliphatic carbocycles. The number of H-pyrrole nitrogens is 1. The standard InChI is InChI=1S/C18H19FN4O2/c1-10-7-20-15(11(2)17(10)25-4)8-23(3)18(24)13-5-12(19)6-14-16(13)22-9-21-14/h5-7,9H,8H2,1-4H3,(H,21,22). The van der Waals surface area contributed by atoms with E-state index in [2.05, 4.69) is 15.0 Å². The molecule has 0 spiro atoms. The number of hydrogen-bond acceptors (Lipinski definition) is 4. The van der Waals surface area contributed by atoms with Crippen LogP contribution in [-0.2, 0) is 6.54 Å². The van der Waals surface area contributed by atoms with Gasteiger partial charge in [-0.2, -0.15) is 0 Å². The molecule has 0 saturated carbocycles. The number of amides is 1. The van der Waals surface area contributed by atoms with E-state index in [1.807, 2.05) is 13.8 Å². The second-order valence-corrected chi connectivity index (χ2v) is 5.96. The Morgan fingerprint density at radius 3 is 2.80 bits per heavy atom. The van der Waals surface area contributed by atoms with Crippen LogP contribution in [0.1, 0.15) is 27.2 Å². The van der Waals surface area contributed by atoms with Crippen molar-refractivity contribution in [2.24, 2.45) is 0 Å². The molecule has 2 aromatic heterocycles. The van der Waals surface area contributed by atoms with Crippen LogP contribution in [0.4, 0.5) is 4.39 Å². The number of halogens is 1. The summed E-state index contributed by atoms with van der Waals surface area (Å²) >= 11 is 0. The minimum atomic E-state index is -0.486. The number of carbonyl (C=O) groups excluding carboxylic acids is 1. The van der Waals surface area contributed by atoms with Crippen LogP contribution >= 0.6 is 0 Å². The minimum absolute atomic E-state index is 0.218. The average molecular weight is 342 g/mol. The molecule has 0 radical (unpaired) electrons. The first kappa shape index (κ1) is 16.9. The van der Waals surface area contributed by atoms with Gasteiger partial charge in [0.2, 0.25) is 0 Å². The number of fused-ring (bicyclic) bond motifs is 1. The van der Waals surface area contributed by atoms with Crippen LogP contribution < -0.4 is 4.74 Å². The third-order valence-electron chi connectivity index (χ3n) is 4.20. The molecule has 1 aromatic carbocycles. The number of benzene rings is 1. The van der Waals surface area contributed by atoms with E-state index in [-0.39, 0.29) is 18.0 Å². The van der Waals surface area contributed by atoms with Gasteiger partial charge < -0.3 is 14.6 Å². The van der Waals surface area contributed by atoms with Crippen molar-refractivity contribution < 1.29 is 13.9 Å². The Morgan fingerprint density at radius 1 is 1.32 bits per heavy atom. The Labute approximate surface area is 144 Å². The summed E-state index contributed by atoms with van der Waals surface area (Å²) in [5.41, 5.74) is 3.70. The van der Waals surface area contributed by atoms with Crippen molar-refractivity contribution in [3.63, 3.8) is 0 Å². The number of aromatic nitrogens is 3. The Kier molecular flexibility index (Phi) is 4.39. The topological polar surface area (TPSA) is 71.1 Å². The molecule has 3 rings (SSSR count). The zero-order chi connectivity index (χ0) is 18.1. The molecular weight excluding hydrogens is 323 g/mol. The van der Waals surface area contributed by atoms with Crippen LogP contribution in [-0.4, -0.2) is 39.9 Å². The van der Waals surface area contributed by atoms with Gasteiger partial charge in [-0.1, -0.05) is 0 Å². The van der Waals surface area contributed by atoms with Crippen LogP contribution in [0.2, 0.25) is 0 Å². The smallest absolute Gasteiger partial charge is 0.256 e. The predicted octanol–water partition coefficient (Wildman–Crippen LogP) is 2.99. The summed E-state index contributed by atoms with van der Waals surface area (Å²) in [6.07, 6.45) is 3.16. The molecule has 3 aromatic rings. The van der Waals surface area contributed by atoms with Crippen molar-refractivity contribution in [2.45, 2.75) is 20.4 Å². The number of carbonyl (C=O) groups is 1. The number of ether oxygens (including phenoxy) is 1. The highest BCUT2D eigenvalue weighted by atomic mass is 19.1. The number of rotatable bonds is 4. The molecule has 0 aliphatic heterocycles. The summed E-state index contributed by atoms with van der Waals surface area (Å²) in [6.45, 7) is 4.10. The number of hydrogen-bond donors (Lipinski definition) is 1. The number of aryl methyl sites for hydroxylation is 1. The molecule has 0 unspecified atom stereocenters.